The van der Waals surface area contributed by atoms with Gasteiger partial charge in [0.25, 0.3) is 0 Å². The van der Waals surface area contributed by atoms with Crippen LogP contribution in [0.5, 0.6) is 0 Å². The van der Waals surface area contributed by atoms with E-state index in [4.69, 9.17) is 9.16 Å². The normalized spacial score (nSPS) is 21.5. The predicted molar refractivity (Wildman–Crippen MR) is 110 cm³/mol. The Morgan fingerprint density at radius 1 is 1.27 bits per heavy atom. The zero-order valence-corrected chi connectivity index (χ0v) is 18.3. The molecule has 1 heterocycles. The smallest absolute Gasteiger partial charge is 0.231 e. The van der Waals surface area contributed by atoms with Crippen molar-refractivity contribution in [3.8, 4) is 11.8 Å². The van der Waals surface area contributed by atoms with E-state index in [2.05, 4.69) is 58.9 Å². The highest BCUT2D eigenvalue weighted by Gasteiger charge is 2.51. The molecule has 0 aliphatic carbocycles. The summed E-state index contributed by atoms with van der Waals surface area (Å²) in [6, 6.07) is 0.114. The van der Waals surface area contributed by atoms with Crippen molar-refractivity contribution in [2.45, 2.75) is 64.4 Å². The summed E-state index contributed by atoms with van der Waals surface area (Å²) < 4.78 is 11.7. The molecule has 1 aliphatic heterocycles. The van der Waals surface area contributed by atoms with Gasteiger partial charge < -0.3 is 14.1 Å². The maximum absolute atomic E-state index is 12.7. The third-order valence-electron chi connectivity index (χ3n) is 5.37. The van der Waals surface area contributed by atoms with Crippen LogP contribution in [-0.2, 0) is 14.0 Å². The van der Waals surface area contributed by atoms with Crippen LogP contribution in [0.2, 0.25) is 18.1 Å². The van der Waals surface area contributed by atoms with Crippen molar-refractivity contribution < 1.29 is 14.0 Å². The molecule has 0 N–H and O–H groups in total. The summed E-state index contributed by atoms with van der Waals surface area (Å²) in [5, 5.41) is 0.124. The summed E-state index contributed by atoms with van der Waals surface area (Å²) in [6.45, 7) is 21.8. The number of hydrogen-bond donors (Lipinski definition) is 0. The Hall–Kier alpha value is -1.35. The van der Waals surface area contributed by atoms with Crippen LogP contribution in [0.4, 0.5) is 0 Å². The highest BCUT2D eigenvalue weighted by molar-refractivity contribution is 6.74. The average Bonchev–Trinajstić information content (AvgIpc) is 2.52. The van der Waals surface area contributed by atoms with Gasteiger partial charge in [0, 0.05) is 0 Å². The molecule has 0 saturated carbocycles. The number of amides is 1. The number of hydrogen-bond acceptors (Lipinski definition) is 3. The molecule has 0 aromatic carbocycles. The molecule has 0 aromatic heterocycles. The van der Waals surface area contributed by atoms with Crippen LogP contribution in [0.15, 0.2) is 25.3 Å². The minimum absolute atomic E-state index is 0.0894. The van der Waals surface area contributed by atoms with Gasteiger partial charge in [0.05, 0.1) is 31.2 Å². The first-order valence-corrected chi connectivity index (χ1v) is 12.2. The van der Waals surface area contributed by atoms with Gasteiger partial charge in [-0.05, 0) is 31.5 Å². The van der Waals surface area contributed by atoms with Gasteiger partial charge in [-0.15, -0.1) is 13.2 Å². The lowest BCUT2D eigenvalue weighted by Gasteiger charge is -2.50. The largest absolute Gasteiger partial charge is 0.413 e. The maximum atomic E-state index is 12.7. The van der Waals surface area contributed by atoms with Gasteiger partial charge in [-0.3, -0.25) is 4.79 Å². The number of rotatable bonds is 9. The number of ether oxygens (including phenoxy) is 1. The first kappa shape index (κ1) is 22.7. The second-order valence-corrected chi connectivity index (χ2v) is 13.1. The molecule has 0 aromatic rings. The molecule has 1 rings (SSSR count). The Morgan fingerprint density at radius 2 is 1.92 bits per heavy atom. The van der Waals surface area contributed by atoms with E-state index in [9.17, 15) is 4.79 Å². The van der Waals surface area contributed by atoms with Crippen molar-refractivity contribution in [2.24, 2.45) is 5.92 Å². The molecule has 146 valence electrons. The Labute approximate surface area is 160 Å². The second kappa shape index (κ2) is 9.54. The molecule has 4 nitrogen and oxygen atoms in total. The van der Waals surface area contributed by atoms with Crippen LogP contribution >= 0.6 is 0 Å². The number of nitrogens with zero attached hydrogens (tertiary/aromatic N) is 1. The van der Waals surface area contributed by atoms with Gasteiger partial charge in [0.1, 0.15) is 6.61 Å². The summed E-state index contributed by atoms with van der Waals surface area (Å²) in [7, 11) is -1.91. The van der Waals surface area contributed by atoms with Crippen LogP contribution in [0.3, 0.4) is 0 Å². The van der Waals surface area contributed by atoms with Crippen LogP contribution in [0, 0.1) is 17.8 Å². The minimum Gasteiger partial charge on any atom is -0.413 e. The summed E-state index contributed by atoms with van der Waals surface area (Å²) in [5.41, 5.74) is 0. The molecule has 1 saturated heterocycles. The first-order valence-electron chi connectivity index (χ1n) is 9.30. The number of carbonyl (C=O) groups is 1. The highest BCUT2D eigenvalue weighted by atomic mass is 28.4. The highest BCUT2D eigenvalue weighted by Crippen LogP contribution is 2.40. The van der Waals surface area contributed by atoms with Crippen molar-refractivity contribution in [2.75, 3.05) is 19.8 Å². The lowest BCUT2D eigenvalue weighted by atomic mass is 9.81. The summed E-state index contributed by atoms with van der Waals surface area (Å²) in [4.78, 5) is 14.5. The molecule has 1 aliphatic rings. The number of likely N-dealkylation sites (tertiary alicyclic amines) is 1. The topological polar surface area (TPSA) is 38.8 Å². The van der Waals surface area contributed by atoms with E-state index in [1.54, 1.807) is 6.08 Å². The fraction of sp³-hybridized carbons (Fsp3) is 0.667. The third kappa shape index (κ3) is 5.57. The van der Waals surface area contributed by atoms with Crippen LogP contribution in [-0.4, -0.2) is 51.0 Å². The van der Waals surface area contributed by atoms with Crippen molar-refractivity contribution in [3.63, 3.8) is 0 Å². The standard InChI is InChI=1S/C21H35NO3Si/c1-9-13-18-19(17(3)25-26(7,8)21(4,5)6)20(23)22(18)14-11-12-16-24-15-10-2/h9-10,17-19H,1-2,13-16H2,3-8H3/t17-,18-,19-/m1/s1. The van der Waals surface area contributed by atoms with E-state index in [-0.39, 0.29) is 29.0 Å². The quantitative estimate of drug-likeness (QED) is 0.200. The van der Waals surface area contributed by atoms with Crippen LogP contribution in [0.1, 0.15) is 34.1 Å². The van der Waals surface area contributed by atoms with Gasteiger partial charge in [-0.25, -0.2) is 0 Å². The number of β-lactam (4-membered cyclic amide) rings is 1. The Bertz CT molecular complexity index is 568. The van der Waals surface area contributed by atoms with Gasteiger partial charge in [-0.1, -0.05) is 44.8 Å². The Morgan fingerprint density at radius 3 is 2.46 bits per heavy atom. The molecular formula is C21H35NO3Si. The van der Waals surface area contributed by atoms with Crippen LogP contribution in [0.25, 0.3) is 0 Å². The van der Waals surface area contributed by atoms with E-state index in [0.29, 0.717) is 19.8 Å². The minimum atomic E-state index is -1.91. The maximum Gasteiger partial charge on any atom is 0.231 e. The molecular weight excluding hydrogens is 342 g/mol. The molecule has 0 radical (unpaired) electrons. The molecule has 1 fully saturated rings. The van der Waals surface area contributed by atoms with E-state index in [1.807, 2.05) is 17.9 Å². The van der Waals surface area contributed by atoms with E-state index < -0.39 is 8.32 Å². The van der Waals surface area contributed by atoms with E-state index in [0.717, 1.165) is 6.42 Å². The van der Waals surface area contributed by atoms with Gasteiger partial charge in [0.15, 0.2) is 8.32 Å². The molecule has 0 spiro atoms. The van der Waals surface area contributed by atoms with Gasteiger partial charge in [0.2, 0.25) is 5.91 Å². The molecule has 0 unspecified atom stereocenters. The lowest BCUT2D eigenvalue weighted by molar-refractivity contribution is -0.161. The van der Waals surface area contributed by atoms with Crippen molar-refractivity contribution in [1.82, 2.24) is 4.90 Å². The van der Waals surface area contributed by atoms with E-state index >= 15 is 0 Å². The molecule has 1 amide bonds. The zero-order valence-electron chi connectivity index (χ0n) is 17.3. The average molecular weight is 378 g/mol. The van der Waals surface area contributed by atoms with Gasteiger partial charge in [-0.2, -0.15) is 0 Å². The second-order valence-electron chi connectivity index (χ2n) is 8.32. The van der Waals surface area contributed by atoms with E-state index in [1.165, 1.54) is 0 Å². The van der Waals surface area contributed by atoms with Crippen molar-refractivity contribution in [3.05, 3.63) is 25.3 Å². The molecule has 3 atom stereocenters. The van der Waals surface area contributed by atoms with Gasteiger partial charge >= 0.3 is 0 Å². The third-order valence-corrected chi connectivity index (χ3v) is 9.94. The summed E-state index contributed by atoms with van der Waals surface area (Å²) in [5.74, 6) is 5.99. The fourth-order valence-electron chi connectivity index (χ4n) is 2.88. The molecule has 26 heavy (non-hydrogen) atoms. The Kier molecular flexibility index (Phi) is 8.33. The Balaban J connectivity index is 2.71. The monoisotopic (exact) mass is 377 g/mol. The van der Waals surface area contributed by atoms with Crippen LogP contribution < -0.4 is 0 Å². The molecule has 0 bridgehead atoms. The van der Waals surface area contributed by atoms with Crippen molar-refractivity contribution in [1.29, 1.82) is 0 Å². The first-order chi connectivity index (χ1) is 12.1. The summed E-state index contributed by atoms with van der Waals surface area (Å²) >= 11 is 0. The predicted octanol–water partition coefficient (Wildman–Crippen LogP) is 4.01. The van der Waals surface area contributed by atoms with Crippen molar-refractivity contribution >= 4 is 14.2 Å². The number of carbonyl (C=O) groups excluding carboxylic acids is 1. The fourth-order valence-corrected chi connectivity index (χ4v) is 4.31. The SMILES string of the molecule is C=CCOCC#CCN1C(=O)[C@H]([C@@H](C)O[Si](C)(C)C(C)(C)C)[C@H]1CC=C. The zero-order chi connectivity index (χ0) is 20.0. The summed E-state index contributed by atoms with van der Waals surface area (Å²) in [6.07, 6.45) is 4.23. The lowest BCUT2D eigenvalue weighted by Crippen LogP contribution is -2.65. The molecule has 5 heteroatoms.